The second-order valence-electron chi connectivity index (χ2n) is 6.55. The van der Waals surface area contributed by atoms with E-state index < -0.39 is 0 Å². The van der Waals surface area contributed by atoms with Gasteiger partial charge in [-0.25, -0.2) is 4.68 Å². The number of H-pyrrole nitrogens is 1. The molecule has 148 valence electrons. The van der Waals surface area contributed by atoms with Crippen molar-refractivity contribution in [3.05, 3.63) is 64.5 Å². The minimum atomic E-state index is 0.535. The van der Waals surface area contributed by atoms with Crippen molar-refractivity contribution in [1.29, 1.82) is 0 Å². The second-order valence-corrected chi connectivity index (χ2v) is 7.58. The molecule has 4 aromatic rings. The number of fused-ring (bicyclic) bond motifs is 1. The lowest BCUT2D eigenvalue weighted by Crippen LogP contribution is -2.08. The molecule has 2 aromatic carbocycles. The molecule has 4 rings (SSSR count). The minimum absolute atomic E-state index is 0.535. The van der Waals surface area contributed by atoms with Gasteiger partial charge in [-0.15, -0.1) is 0 Å². The summed E-state index contributed by atoms with van der Waals surface area (Å²) in [5, 5.41) is 12.8. The van der Waals surface area contributed by atoms with E-state index in [2.05, 4.69) is 62.7 Å². The predicted octanol–water partition coefficient (Wildman–Crippen LogP) is 5.06. The van der Waals surface area contributed by atoms with E-state index >= 15 is 0 Å². The van der Waals surface area contributed by atoms with Crippen LogP contribution in [-0.4, -0.2) is 33.2 Å². The van der Waals surface area contributed by atoms with Crippen molar-refractivity contribution < 1.29 is 9.47 Å². The van der Waals surface area contributed by atoms with E-state index in [9.17, 15) is 0 Å². The molecule has 2 heterocycles. The number of aromatic amines is 1. The maximum Gasteiger partial charge on any atom is 0.219 e. The standard InChI is InChI=1S/C22H21IN4O2/c1-3-15-7-4-5-8-20(15)28-11-6-12-29-22-18(14-24-27(22)2)16-9-10-17-19(13-16)25-26-21(17)23/h3-5,7-10,13-14H,1,6,11-12H2,2H3,(H,25,26). The molecule has 0 fully saturated rings. The Morgan fingerprint density at radius 1 is 1.17 bits per heavy atom. The fraction of sp³-hybridized carbons (Fsp3) is 0.182. The largest absolute Gasteiger partial charge is 0.493 e. The Kier molecular flexibility index (Phi) is 5.84. The Morgan fingerprint density at radius 2 is 2.00 bits per heavy atom. The van der Waals surface area contributed by atoms with Crippen molar-refractivity contribution in [2.24, 2.45) is 7.05 Å². The number of rotatable bonds is 8. The zero-order chi connectivity index (χ0) is 20.2. The van der Waals surface area contributed by atoms with Crippen molar-refractivity contribution in [2.45, 2.75) is 6.42 Å². The van der Waals surface area contributed by atoms with Crippen LogP contribution in [0.1, 0.15) is 12.0 Å². The summed E-state index contributed by atoms with van der Waals surface area (Å²) in [6.07, 6.45) is 4.38. The molecule has 0 amide bonds. The molecule has 29 heavy (non-hydrogen) atoms. The van der Waals surface area contributed by atoms with E-state index in [4.69, 9.17) is 9.47 Å². The number of aromatic nitrogens is 4. The Labute approximate surface area is 182 Å². The van der Waals surface area contributed by atoms with Gasteiger partial charge in [0.1, 0.15) is 9.45 Å². The molecule has 2 aromatic heterocycles. The normalized spacial score (nSPS) is 11.0. The number of nitrogens with one attached hydrogen (secondary N) is 1. The highest BCUT2D eigenvalue weighted by atomic mass is 127. The molecule has 6 nitrogen and oxygen atoms in total. The van der Waals surface area contributed by atoms with Crippen molar-refractivity contribution in [3.63, 3.8) is 0 Å². The van der Waals surface area contributed by atoms with E-state index in [-0.39, 0.29) is 0 Å². The van der Waals surface area contributed by atoms with Crippen LogP contribution in [0.4, 0.5) is 0 Å². The van der Waals surface area contributed by atoms with Crippen LogP contribution in [0.5, 0.6) is 11.6 Å². The average molecular weight is 500 g/mol. The lowest BCUT2D eigenvalue weighted by Gasteiger charge is -2.11. The summed E-state index contributed by atoms with van der Waals surface area (Å²) in [6, 6.07) is 14.1. The molecule has 0 radical (unpaired) electrons. The molecule has 0 aliphatic carbocycles. The van der Waals surface area contributed by atoms with Gasteiger partial charge in [0.05, 0.1) is 30.5 Å². The number of aryl methyl sites for hydroxylation is 1. The monoisotopic (exact) mass is 500 g/mol. The highest BCUT2D eigenvalue weighted by Crippen LogP contribution is 2.32. The van der Waals surface area contributed by atoms with E-state index in [1.807, 2.05) is 37.5 Å². The fourth-order valence-electron chi connectivity index (χ4n) is 3.14. The van der Waals surface area contributed by atoms with E-state index in [1.165, 1.54) is 0 Å². The minimum Gasteiger partial charge on any atom is -0.493 e. The summed E-state index contributed by atoms with van der Waals surface area (Å²) in [6.45, 7) is 4.92. The summed E-state index contributed by atoms with van der Waals surface area (Å²) >= 11 is 2.22. The third-order valence-corrected chi connectivity index (χ3v) is 5.46. The number of halogens is 1. The number of para-hydroxylation sites is 1. The smallest absolute Gasteiger partial charge is 0.219 e. The van der Waals surface area contributed by atoms with Crippen molar-refractivity contribution in [3.8, 4) is 22.8 Å². The van der Waals surface area contributed by atoms with Gasteiger partial charge in [0.25, 0.3) is 0 Å². The van der Waals surface area contributed by atoms with Crippen LogP contribution in [0.2, 0.25) is 0 Å². The summed E-state index contributed by atoms with van der Waals surface area (Å²) < 4.78 is 14.6. The zero-order valence-corrected chi connectivity index (χ0v) is 18.2. The van der Waals surface area contributed by atoms with Crippen LogP contribution in [0.25, 0.3) is 28.1 Å². The van der Waals surface area contributed by atoms with Crippen molar-refractivity contribution in [2.75, 3.05) is 13.2 Å². The summed E-state index contributed by atoms with van der Waals surface area (Å²) in [7, 11) is 1.88. The summed E-state index contributed by atoms with van der Waals surface area (Å²) in [5.41, 5.74) is 3.98. The topological polar surface area (TPSA) is 65.0 Å². The number of ether oxygens (including phenoxy) is 2. The second kappa shape index (κ2) is 8.69. The highest BCUT2D eigenvalue weighted by molar-refractivity contribution is 14.1. The number of hydrogen-bond acceptors (Lipinski definition) is 4. The molecule has 0 spiro atoms. The molecular weight excluding hydrogens is 479 g/mol. The summed E-state index contributed by atoms with van der Waals surface area (Å²) in [5.74, 6) is 1.58. The van der Waals surface area contributed by atoms with Crippen molar-refractivity contribution >= 4 is 39.6 Å². The summed E-state index contributed by atoms with van der Waals surface area (Å²) in [4.78, 5) is 0. The first-order chi connectivity index (χ1) is 14.2. The van der Waals surface area contributed by atoms with E-state index in [0.717, 1.165) is 49.3 Å². The number of nitrogens with zero attached hydrogens (tertiary/aromatic N) is 3. The Morgan fingerprint density at radius 3 is 2.86 bits per heavy atom. The van der Waals surface area contributed by atoms with E-state index in [1.54, 1.807) is 10.8 Å². The lowest BCUT2D eigenvalue weighted by atomic mass is 10.1. The average Bonchev–Trinajstić information content (AvgIpc) is 3.30. The zero-order valence-electron chi connectivity index (χ0n) is 16.1. The van der Waals surface area contributed by atoms with E-state index in [0.29, 0.717) is 13.2 Å². The van der Waals surface area contributed by atoms with Gasteiger partial charge in [-0.1, -0.05) is 36.9 Å². The van der Waals surface area contributed by atoms with Gasteiger partial charge >= 0.3 is 0 Å². The Balaban J connectivity index is 1.40. The molecule has 0 aliphatic heterocycles. The lowest BCUT2D eigenvalue weighted by molar-refractivity contribution is 0.236. The van der Waals surface area contributed by atoms with Gasteiger partial charge in [0.15, 0.2) is 0 Å². The van der Waals surface area contributed by atoms with Crippen LogP contribution in [-0.2, 0) is 7.05 Å². The van der Waals surface area contributed by atoms with Crippen LogP contribution in [0, 0.1) is 3.70 Å². The highest BCUT2D eigenvalue weighted by Gasteiger charge is 2.14. The van der Waals surface area contributed by atoms with Crippen LogP contribution >= 0.6 is 22.6 Å². The first-order valence-corrected chi connectivity index (χ1v) is 10.4. The predicted molar refractivity (Wildman–Crippen MR) is 123 cm³/mol. The van der Waals surface area contributed by atoms with Gasteiger partial charge in [-0.3, -0.25) is 5.10 Å². The van der Waals surface area contributed by atoms with Gasteiger partial charge in [0, 0.05) is 24.4 Å². The first-order valence-electron chi connectivity index (χ1n) is 9.30. The number of benzene rings is 2. The van der Waals surface area contributed by atoms with Gasteiger partial charge in [-0.05, 0) is 46.4 Å². The molecule has 0 bridgehead atoms. The van der Waals surface area contributed by atoms with Gasteiger partial charge in [-0.2, -0.15) is 10.2 Å². The molecule has 0 saturated carbocycles. The third kappa shape index (κ3) is 4.14. The Hall–Kier alpha value is -2.81. The van der Waals surface area contributed by atoms with Crippen molar-refractivity contribution in [1.82, 2.24) is 20.0 Å². The number of hydrogen-bond donors (Lipinski definition) is 1. The molecule has 0 saturated heterocycles. The quantitative estimate of drug-likeness (QED) is 0.272. The van der Waals surface area contributed by atoms with Crippen LogP contribution in [0.3, 0.4) is 0 Å². The van der Waals surface area contributed by atoms with Gasteiger partial charge < -0.3 is 9.47 Å². The molecular formula is C22H21IN4O2. The maximum atomic E-state index is 6.05. The van der Waals surface area contributed by atoms with Crippen LogP contribution in [0.15, 0.2) is 55.2 Å². The molecule has 0 atom stereocenters. The van der Waals surface area contributed by atoms with Crippen LogP contribution < -0.4 is 9.47 Å². The SMILES string of the molecule is C=Cc1ccccc1OCCCOc1c(-c2ccc3c(I)n[nH]c3c2)cnn1C. The molecule has 7 heteroatoms. The Bertz CT molecular complexity index is 1150. The maximum absolute atomic E-state index is 6.05. The first kappa shape index (κ1) is 19.5. The third-order valence-electron chi connectivity index (χ3n) is 4.64. The molecule has 0 unspecified atom stereocenters. The fourth-order valence-corrected chi connectivity index (χ4v) is 3.73. The molecule has 1 N–H and O–H groups in total. The van der Waals surface area contributed by atoms with Gasteiger partial charge in [0.2, 0.25) is 5.88 Å². The molecule has 0 aliphatic rings.